The minimum Gasteiger partial charge on any atom is -0.366 e. The van der Waals surface area contributed by atoms with Crippen molar-refractivity contribution >= 4 is 50.8 Å². The molecule has 0 spiro atoms. The molecule has 2 aromatic heterocycles. The highest BCUT2D eigenvalue weighted by molar-refractivity contribution is 7.98. The highest BCUT2D eigenvalue weighted by Gasteiger charge is 2.21. The van der Waals surface area contributed by atoms with Gasteiger partial charge in [0.05, 0.1) is 11.1 Å². The summed E-state index contributed by atoms with van der Waals surface area (Å²) in [4.78, 5) is 45.6. The van der Waals surface area contributed by atoms with Crippen LogP contribution in [-0.2, 0) is 23.4 Å². The zero-order valence-corrected chi connectivity index (χ0v) is 18.2. The minimum atomic E-state index is -0.487. The Morgan fingerprint density at radius 3 is 2.93 bits per heavy atom. The van der Waals surface area contributed by atoms with Crippen LogP contribution in [0.3, 0.4) is 0 Å². The molecule has 30 heavy (non-hydrogen) atoms. The summed E-state index contributed by atoms with van der Waals surface area (Å²) in [5, 5.41) is 3.59. The molecule has 7 nitrogen and oxygen atoms in total. The van der Waals surface area contributed by atoms with Crippen LogP contribution in [0.1, 0.15) is 45.0 Å². The minimum absolute atomic E-state index is 0.0532. The maximum absolute atomic E-state index is 12.5. The van der Waals surface area contributed by atoms with Gasteiger partial charge in [0, 0.05) is 28.3 Å². The van der Waals surface area contributed by atoms with Crippen molar-refractivity contribution in [2.24, 2.45) is 5.73 Å². The fourth-order valence-electron chi connectivity index (χ4n) is 3.69. The number of benzene rings is 1. The van der Waals surface area contributed by atoms with Gasteiger partial charge < -0.3 is 16.0 Å². The predicted molar refractivity (Wildman–Crippen MR) is 121 cm³/mol. The third kappa shape index (κ3) is 4.27. The van der Waals surface area contributed by atoms with Crippen molar-refractivity contribution in [2.75, 3.05) is 11.1 Å². The molecule has 9 heteroatoms. The van der Waals surface area contributed by atoms with E-state index in [4.69, 9.17) is 5.73 Å². The Bertz CT molecular complexity index is 1200. The summed E-state index contributed by atoms with van der Waals surface area (Å²) in [6.07, 6.45) is 3.46. The lowest BCUT2D eigenvalue weighted by Gasteiger charge is -2.08. The van der Waals surface area contributed by atoms with Crippen molar-refractivity contribution in [1.29, 1.82) is 0 Å². The van der Waals surface area contributed by atoms with Crippen LogP contribution in [-0.4, -0.2) is 27.5 Å². The first-order valence-corrected chi connectivity index (χ1v) is 11.7. The average Bonchev–Trinajstić information content (AvgIpc) is 3.25. The number of H-pyrrole nitrogens is 1. The molecule has 156 valence electrons. The molecule has 0 radical (unpaired) electrons. The quantitative estimate of drug-likeness (QED) is 0.486. The molecule has 0 bridgehead atoms. The second-order valence-corrected chi connectivity index (χ2v) is 9.48. The Balaban J connectivity index is 1.30. The van der Waals surface area contributed by atoms with E-state index in [9.17, 15) is 14.4 Å². The van der Waals surface area contributed by atoms with E-state index in [1.807, 2.05) is 0 Å². The molecule has 0 atom stereocenters. The van der Waals surface area contributed by atoms with Crippen LogP contribution in [0.25, 0.3) is 10.2 Å². The van der Waals surface area contributed by atoms with Crippen molar-refractivity contribution in [3.63, 3.8) is 0 Å². The van der Waals surface area contributed by atoms with Crippen LogP contribution < -0.4 is 16.6 Å². The number of anilines is 1. The smallest absolute Gasteiger partial charge is 0.259 e. The molecule has 0 aliphatic heterocycles. The highest BCUT2D eigenvalue weighted by Crippen LogP contribution is 2.34. The molecule has 4 rings (SSSR count). The third-order valence-corrected chi connectivity index (χ3v) is 7.27. The monoisotopic (exact) mass is 442 g/mol. The molecule has 1 aliphatic carbocycles. The van der Waals surface area contributed by atoms with Crippen LogP contribution in [0.4, 0.5) is 5.69 Å². The van der Waals surface area contributed by atoms with Crippen LogP contribution >= 0.6 is 23.1 Å². The third-order valence-electron chi connectivity index (χ3n) is 5.11. The van der Waals surface area contributed by atoms with E-state index in [1.165, 1.54) is 10.4 Å². The first-order valence-electron chi connectivity index (χ1n) is 9.74. The Morgan fingerprint density at radius 1 is 1.33 bits per heavy atom. The van der Waals surface area contributed by atoms with Gasteiger partial charge in [-0.05, 0) is 55.5 Å². The number of thiophene rings is 1. The van der Waals surface area contributed by atoms with Crippen molar-refractivity contribution in [3.8, 4) is 0 Å². The molecule has 0 unspecified atom stereocenters. The normalized spacial score (nSPS) is 12.8. The second kappa shape index (κ2) is 8.61. The van der Waals surface area contributed by atoms with Crippen molar-refractivity contribution < 1.29 is 9.59 Å². The van der Waals surface area contributed by atoms with Gasteiger partial charge >= 0.3 is 0 Å². The van der Waals surface area contributed by atoms with E-state index in [-0.39, 0.29) is 11.5 Å². The summed E-state index contributed by atoms with van der Waals surface area (Å²) in [6.45, 7) is 1.78. The zero-order valence-electron chi connectivity index (χ0n) is 16.5. The average molecular weight is 443 g/mol. The number of hydrogen-bond donors (Lipinski definition) is 3. The number of aromatic amines is 1. The lowest BCUT2D eigenvalue weighted by molar-refractivity contribution is -0.115. The fourth-order valence-corrected chi connectivity index (χ4v) is 5.78. The summed E-state index contributed by atoms with van der Waals surface area (Å²) < 4.78 is 0. The SMILES string of the molecule is Cc1cc(NC(=O)CCSCc2nc3sc4c(c3c(=O)[nH]2)CCC4)ccc1C(N)=O. The van der Waals surface area contributed by atoms with Gasteiger partial charge in [-0.1, -0.05) is 0 Å². The van der Waals surface area contributed by atoms with E-state index in [0.717, 1.165) is 35.0 Å². The Hall–Kier alpha value is -2.65. The van der Waals surface area contributed by atoms with E-state index in [0.29, 0.717) is 35.0 Å². The van der Waals surface area contributed by atoms with Gasteiger partial charge in [0.2, 0.25) is 11.8 Å². The number of fused-ring (bicyclic) bond motifs is 3. The molecule has 1 aromatic carbocycles. The van der Waals surface area contributed by atoms with Gasteiger partial charge in [-0.25, -0.2) is 4.98 Å². The standard InChI is InChI=1S/C21H22N4O3S2/c1-11-9-12(5-6-13(11)19(22)27)23-17(26)7-8-29-10-16-24-20(28)18-14-3-2-4-15(14)30-21(18)25-16/h5-6,9H,2-4,7-8,10H2,1H3,(H2,22,27)(H,23,26)(H,24,25,28). The van der Waals surface area contributed by atoms with Crippen LogP contribution in [0.2, 0.25) is 0 Å². The van der Waals surface area contributed by atoms with Crippen LogP contribution in [0.15, 0.2) is 23.0 Å². The molecule has 2 amide bonds. The summed E-state index contributed by atoms with van der Waals surface area (Å²) in [7, 11) is 0. The van der Waals surface area contributed by atoms with E-state index >= 15 is 0 Å². The number of primary amides is 1. The molecule has 2 heterocycles. The fraction of sp³-hybridized carbons (Fsp3) is 0.333. The summed E-state index contributed by atoms with van der Waals surface area (Å²) in [5.41, 5.74) is 8.22. The van der Waals surface area contributed by atoms with Gasteiger partial charge in [0.1, 0.15) is 10.7 Å². The molecule has 4 N–H and O–H groups in total. The number of hydrogen-bond acceptors (Lipinski definition) is 6. The van der Waals surface area contributed by atoms with Crippen molar-refractivity contribution in [3.05, 3.63) is 55.9 Å². The number of amides is 2. The molecule has 0 saturated heterocycles. The van der Waals surface area contributed by atoms with Crippen molar-refractivity contribution in [1.82, 2.24) is 9.97 Å². The summed E-state index contributed by atoms with van der Waals surface area (Å²) in [5.74, 6) is 1.20. The number of nitrogens with two attached hydrogens (primary N) is 1. The number of carbonyl (C=O) groups excluding carboxylic acids is 2. The first kappa shape index (κ1) is 20.6. The van der Waals surface area contributed by atoms with Gasteiger partial charge in [-0.3, -0.25) is 14.4 Å². The maximum atomic E-state index is 12.5. The lowest BCUT2D eigenvalue weighted by atomic mass is 10.1. The molecule has 0 fully saturated rings. The Kier molecular flexibility index (Phi) is 5.92. The summed E-state index contributed by atoms with van der Waals surface area (Å²) in [6, 6.07) is 5.01. The summed E-state index contributed by atoms with van der Waals surface area (Å²) >= 11 is 3.18. The number of thioether (sulfide) groups is 1. The molecular formula is C21H22N4O3S2. The van der Waals surface area contributed by atoms with Gasteiger partial charge in [-0.15, -0.1) is 11.3 Å². The zero-order chi connectivity index (χ0) is 21.3. The number of aromatic nitrogens is 2. The van der Waals surface area contributed by atoms with Gasteiger partial charge in [0.25, 0.3) is 5.56 Å². The maximum Gasteiger partial charge on any atom is 0.259 e. The van der Waals surface area contributed by atoms with Crippen LogP contribution in [0, 0.1) is 6.92 Å². The molecule has 0 saturated carbocycles. The molecular weight excluding hydrogens is 420 g/mol. The van der Waals surface area contributed by atoms with Gasteiger partial charge in [-0.2, -0.15) is 11.8 Å². The second-order valence-electron chi connectivity index (χ2n) is 7.29. The first-order chi connectivity index (χ1) is 14.4. The predicted octanol–water partition coefficient (Wildman–Crippen LogP) is 3.14. The molecule has 3 aromatic rings. The van der Waals surface area contributed by atoms with Crippen LogP contribution in [0.5, 0.6) is 0 Å². The highest BCUT2D eigenvalue weighted by atomic mass is 32.2. The lowest BCUT2D eigenvalue weighted by Crippen LogP contribution is -2.15. The van der Waals surface area contributed by atoms with Crippen molar-refractivity contribution in [2.45, 2.75) is 38.4 Å². The largest absolute Gasteiger partial charge is 0.366 e. The Labute approximate surface area is 181 Å². The number of rotatable bonds is 7. The van der Waals surface area contributed by atoms with E-state index < -0.39 is 5.91 Å². The number of carbonyl (C=O) groups is 2. The topological polar surface area (TPSA) is 118 Å². The Morgan fingerprint density at radius 2 is 2.17 bits per heavy atom. The van der Waals surface area contributed by atoms with E-state index in [2.05, 4.69) is 15.3 Å². The number of nitrogens with one attached hydrogen (secondary N) is 2. The van der Waals surface area contributed by atoms with Gasteiger partial charge in [0.15, 0.2) is 0 Å². The van der Waals surface area contributed by atoms with E-state index in [1.54, 1.807) is 48.2 Å². The number of aryl methyl sites for hydroxylation is 3. The number of nitrogens with zero attached hydrogens (tertiary/aromatic N) is 1. The molecule has 1 aliphatic rings.